The molecule has 1 N–H and O–H groups in total. The molecule has 0 aliphatic rings. The Morgan fingerprint density at radius 1 is 1.17 bits per heavy atom. The molecule has 2 rings (SSSR count). The molecular formula is C19H22NO3+. The molecule has 120 valence electrons. The third-order valence-electron chi connectivity index (χ3n) is 3.56. The number of aromatic nitrogens is 1. The fraction of sp³-hybridized carbons (Fsp3) is 0.263. The molecule has 0 bridgehead atoms. The van der Waals surface area contributed by atoms with Crippen LogP contribution in [0.25, 0.3) is 12.2 Å². The molecule has 0 aliphatic heterocycles. The minimum absolute atomic E-state index is 0.225. The quantitative estimate of drug-likeness (QED) is 0.600. The Morgan fingerprint density at radius 2 is 2.04 bits per heavy atom. The topological polar surface area (TPSA) is 50.4 Å². The zero-order chi connectivity index (χ0) is 16.5. The summed E-state index contributed by atoms with van der Waals surface area (Å²) in [6.45, 7) is 0.811. The SMILES string of the molecule is COc1cccc(/C=C/c2cccc[n+]2CCCCC(=O)O)c1. The summed E-state index contributed by atoms with van der Waals surface area (Å²) in [4.78, 5) is 10.6. The standard InChI is InChI=1S/C19H21NO3/c1-23-18-9-6-7-16(15-18)11-12-17-8-2-4-13-20(17)14-5-3-10-19(21)22/h2,4,6-9,11-13,15H,3,5,10,14H2,1H3/p+1/b12-11+. The van der Waals surface area contributed by atoms with Gasteiger partial charge in [0.05, 0.1) is 7.11 Å². The van der Waals surface area contributed by atoms with Crippen molar-refractivity contribution in [1.82, 2.24) is 0 Å². The molecule has 1 aromatic heterocycles. The first-order chi connectivity index (χ1) is 11.2. The van der Waals surface area contributed by atoms with Gasteiger partial charge in [-0.2, -0.15) is 4.57 Å². The van der Waals surface area contributed by atoms with Crippen molar-refractivity contribution < 1.29 is 19.2 Å². The summed E-state index contributed by atoms with van der Waals surface area (Å²) >= 11 is 0. The van der Waals surface area contributed by atoms with Crippen LogP contribution in [-0.4, -0.2) is 18.2 Å². The van der Waals surface area contributed by atoms with E-state index in [4.69, 9.17) is 9.84 Å². The third kappa shape index (κ3) is 5.58. The van der Waals surface area contributed by atoms with E-state index >= 15 is 0 Å². The van der Waals surface area contributed by atoms with Gasteiger partial charge in [-0.1, -0.05) is 12.1 Å². The van der Waals surface area contributed by atoms with E-state index in [9.17, 15) is 4.79 Å². The number of ether oxygens (including phenoxy) is 1. The van der Waals surface area contributed by atoms with Crippen molar-refractivity contribution in [2.45, 2.75) is 25.8 Å². The number of aryl methyl sites for hydroxylation is 1. The molecule has 0 spiro atoms. The molecule has 0 saturated heterocycles. The first kappa shape index (κ1) is 16.7. The van der Waals surface area contributed by atoms with E-state index in [1.54, 1.807) is 7.11 Å². The van der Waals surface area contributed by atoms with E-state index in [-0.39, 0.29) is 6.42 Å². The van der Waals surface area contributed by atoms with Crippen LogP contribution >= 0.6 is 0 Å². The van der Waals surface area contributed by atoms with E-state index in [2.05, 4.69) is 10.6 Å². The summed E-state index contributed by atoms with van der Waals surface area (Å²) in [5.41, 5.74) is 2.16. The Balaban J connectivity index is 2.04. The number of hydrogen-bond donors (Lipinski definition) is 1. The highest BCUT2D eigenvalue weighted by molar-refractivity contribution is 5.67. The molecule has 0 atom stereocenters. The van der Waals surface area contributed by atoms with E-state index in [0.29, 0.717) is 6.42 Å². The van der Waals surface area contributed by atoms with Crippen LogP contribution in [0.3, 0.4) is 0 Å². The van der Waals surface area contributed by atoms with Crippen molar-refractivity contribution in [3.05, 3.63) is 59.9 Å². The van der Waals surface area contributed by atoms with Crippen molar-refractivity contribution in [3.63, 3.8) is 0 Å². The van der Waals surface area contributed by atoms with Crippen LogP contribution in [0.5, 0.6) is 5.75 Å². The average Bonchev–Trinajstić information content (AvgIpc) is 2.57. The van der Waals surface area contributed by atoms with Gasteiger partial charge in [-0.3, -0.25) is 4.79 Å². The molecule has 0 radical (unpaired) electrons. The van der Waals surface area contributed by atoms with E-state index < -0.39 is 5.97 Å². The second-order valence-electron chi connectivity index (χ2n) is 5.28. The molecule has 0 unspecified atom stereocenters. The Morgan fingerprint density at radius 3 is 2.83 bits per heavy atom. The maximum absolute atomic E-state index is 10.6. The molecule has 0 saturated carbocycles. The largest absolute Gasteiger partial charge is 0.497 e. The van der Waals surface area contributed by atoms with Crippen molar-refractivity contribution in [3.8, 4) is 5.75 Å². The fourth-order valence-corrected chi connectivity index (χ4v) is 2.33. The maximum Gasteiger partial charge on any atom is 0.303 e. The summed E-state index contributed by atoms with van der Waals surface area (Å²) in [6, 6.07) is 13.9. The zero-order valence-corrected chi connectivity index (χ0v) is 13.3. The Kier molecular flexibility index (Phi) is 6.36. The lowest BCUT2D eigenvalue weighted by Gasteiger charge is -2.01. The van der Waals surface area contributed by atoms with Crippen molar-refractivity contribution in [2.75, 3.05) is 7.11 Å². The Labute approximate surface area is 136 Å². The highest BCUT2D eigenvalue weighted by Gasteiger charge is 2.07. The number of hydrogen-bond acceptors (Lipinski definition) is 2. The van der Waals surface area contributed by atoms with Gasteiger partial charge in [-0.05, 0) is 36.3 Å². The van der Waals surface area contributed by atoms with E-state index in [1.165, 1.54) is 0 Å². The second-order valence-corrected chi connectivity index (χ2v) is 5.28. The molecule has 2 aromatic rings. The molecule has 4 heteroatoms. The number of pyridine rings is 1. The van der Waals surface area contributed by atoms with Crippen LogP contribution in [0.15, 0.2) is 48.7 Å². The van der Waals surface area contributed by atoms with Crippen molar-refractivity contribution in [1.29, 1.82) is 0 Å². The Bertz CT molecular complexity index is 680. The highest BCUT2D eigenvalue weighted by Crippen LogP contribution is 2.14. The number of aliphatic carboxylic acids is 1. The highest BCUT2D eigenvalue weighted by atomic mass is 16.5. The monoisotopic (exact) mass is 312 g/mol. The van der Waals surface area contributed by atoms with Crippen LogP contribution < -0.4 is 9.30 Å². The summed E-state index contributed by atoms with van der Waals surface area (Å²) in [7, 11) is 1.66. The van der Waals surface area contributed by atoms with Crippen LogP contribution in [0, 0.1) is 0 Å². The number of benzene rings is 1. The number of nitrogens with zero attached hydrogens (tertiary/aromatic N) is 1. The first-order valence-corrected chi connectivity index (χ1v) is 7.71. The van der Waals surface area contributed by atoms with Gasteiger partial charge in [-0.25, -0.2) is 0 Å². The number of carbonyl (C=O) groups is 1. The predicted octanol–water partition coefficient (Wildman–Crippen LogP) is 3.41. The van der Waals surface area contributed by atoms with Crippen LogP contribution in [0.1, 0.15) is 30.5 Å². The molecular weight excluding hydrogens is 290 g/mol. The van der Waals surface area contributed by atoms with E-state index in [0.717, 1.165) is 30.0 Å². The normalized spacial score (nSPS) is 10.8. The molecule has 4 nitrogen and oxygen atoms in total. The minimum atomic E-state index is -0.735. The van der Waals surface area contributed by atoms with Gasteiger partial charge in [-0.15, -0.1) is 0 Å². The molecule has 1 aromatic carbocycles. The van der Waals surface area contributed by atoms with Gasteiger partial charge in [0.25, 0.3) is 0 Å². The molecule has 0 amide bonds. The first-order valence-electron chi connectivity index (χ1n) is 7.71. The molecule has 0 aliphatic carbocycles. The van der Waals surface area contributed by atoms with Crippen LogP contribution in [0.4, 0.5) is 0 Å². The van der Waals surface area contributed by atoms with E-state index in [1.807, 2.05) is 54.7 Å². The fourth-order valence-electron chi connectivity index (χ4n) is 2.33. The van der Waals surface area contributed by atoms with Gasteiger partial charge in [0, 0.05) is 31.1 Å². The third-order valence-corrected chi connectivity index (χ3v) is 3.56. The number of carboxylic acid groups (broad SMARTS) is 1. The van der Waals surface area contributed by atoms with Crippen molar-refractivity contribution >= 4 is 18.1 Å². The van der Waals surface area contributed by atoms with Crippen LogP contribution in [0.2, 0.25) is 0 Å². The lowest BCUT2D eigenvalue weighted by atomic mass is 10.1. The lowest BCUT2D eigenvalue weighted by molar-refractivity contribution is -0.699. The summed E-state index contributed by atoms with van der Waals surface area (Å²) in [5, 5.41) is 8.69. The smallest absolute Gasteiger partial charge is 0.303 e. The average molecular weight is 312 g/mol. The number of methoxy groups -OCH3 is 1. The molecule has 0 fully saturated rings. The predicted molar refractivity (Wildman–Crippen MR) is 90.0 cm³/mol. The summed E-state index contributed by atoms with van der Waals surface area (Å²) in [5.74, 6) is 0.1000. The zero-order valence-electron chi connectivity index (χ0n) is 13.3. The maximum atomic E-state index is 10.6. The van der Waals surface area contributed by atoms with Gasteiger partial charge < -0.3 is 9.84 Å². The number of unbranched alkanes of at least 4 members (excludes halogenated alkanes) is 1. The van der Waals surface area contributed by atoms with Gasteiger partial charge in [0.2, 0.25) is 5.69 Å². The number of rotatable bonds is 8. The molecule has 23 heavy (non-hydrogen) atoms. The van der Waals surface area contributed by atoms with Gasteiger partial charge in [0.15, 0.2) is 6.20 Å². The summed E-state index contributed by atoms with van der Waals surface area (Å²) in [6.07, 6.45) is 7.89. The number of carboxylic acids is 1. The van der Waals surface area contributed by atoms with Gasteiger partial charge in [0.1, 0.15) is 12.3 Å². The molecule has 1 heterocycles. The summed E-state index contributed by atoms with van der Waals surface area (Å²) < 4.78 is 7.37. The lowest BCUT2D eigenvalue weighted by Crippen LogP contribution is -2.36. The van der Waals surface area contributed by atoms with Gasteiger partial charge >= 0.3 is 5.97 Å². The van der Waals surface area contributed by atoms with Crippen molar-refractivity contribution in [2.24, 2.45) is 0 Å². The second kappa shape index (κ2) is 8.73. The Hall–Kier alpha value is -2.62. The minimum Gasteiger partial charge on any atom is -0.497 e. The van der Waals surface area contributed by atoms with Crippen LogP contribution in [-0.2, 0) is 11.3 Å².